The molecular weight excluding hydrogens is 310 g/mol. The van der Waals surface area contributed by atoms with E-state index in [1.54, 1.807) is 11.8 Å². The molecule has 0 amide bonds. The van der Waals surface area contributed by atoms with E-state index >= 15 is 0 Å². The largest absolute Gasteiger partial charge is 0.399 e. The molecule has 0 radical (unpaired) electrons. The minimum atomic E-state index is -0.350. The van der Waals surface area contributed by atoms with Crippen LogP contribution >= 0.6 is 15.9 Å². The summed E-state index contributed by atoms with van der Waals surface area (Å²) in [4.78, 5) is 0. The lowest BCUT2D eigenvalue weighted by atomic mass is 10.1. The lowest BCUT2D eigenvalue weighted by Gasteiger charge is -2.24. The van der Waals surface area contributed by atoms with Crippen LogP contribution < -0.4 is 5.73 Å². The SMILES string of the molecule is COCC(C)(C)n1nnnc1-c1cc(N)ccc1Br. The Morgan fingerprint density at radius 3 is 2.84 bits per heavy atom. The van der Waals surface area contributed by atoms with Crippen molar-refractivity contribution in [3.05, 3.63) is 22.7 Å². The van der Waals surface area contributed by atoms with Crippen molar-refractivity contribution < 1.29 is 4.74 Å². The van der Waals surface area contributed by atoms with Crippen molar-refractivity contribution in [1.82, 2.24) is 20.2 Å². The van der Waals surface area contributed by atoms with Crippen LogP contribution in [0.2, 0.25) is 0 Å². The monoisotopic (exact) mass is 325 g/mol. The molecule has 0 aliphatic heterocycles. The fourth-order valence-corrected chi connectivity index (χ4v) is 2.32. The molecule has 0 bridgehead atoms. The first kappa shape index (κ1) is 14.0. The smallest absolute Gasteiger partial charge is 0.183 e. The van der Waals surface area contributed by atoms with E-state index in [2.05, 4.69) is 31.5 Å². The zero-order valence-electron chi connectivity index (χ0n) is 11.1. The molecule has 19 heavy (non-hydrogen) atoms. The Morgan fingerprint density at radius 1 is 1.42 bits per heavy atom. The number of nitrogen functional groups attached to an aromatic ring is 1. The zero-order chi connectivity index (χ0) is 14.0. The van der Waals surface area contributed by atoms with Crippen molar-refractivity contribution in [2.75, 3.05) is 19.5 Å². The maximum Gasteiger partial charge on any atom is 0.183 e. The van der Waals surface area contributed by atoms with E-state index in [1.165, 1.54) is 0 Å². The lowest BCUT2D eigenvalue weighted by Crippen LogP contribution is -2.33. The highest BCUT2D eigenvalue weighted by Crippen LogP contribution is 2.30. The standard InChI is InChI=1S/C12H16BrN5O/c1-12(2,7-19-3)18-11(15-16-17-18)9-6-8(14)4-5-10(9)13/h4-6H,7,14H2,1-3H3. The molecule has 2 aromatic rings. The van der Waals surface area contributed by atoms with Crippen LogP contribution in [-0.4, -0.2) is 33.9 Å². The predicted molar refractivity (Wildman–Crippen MR) is 76.6 cm³/mol. The average molecular weight is 326 g/mol. The Labute approximate surface area is 120 Å². The highest BCUT2D eigenvalue weighted by Gasteiger charge is 2.26. The number of ether oxygens (including phenoxy) is 1. The summed E-state index contributed by atoms with van der Waals surface area (Å²) in [5.41, 5.74) is 7.00. The molecule has 0 aliphatic carbocycles. The number of benzene rings is 1. The van der Waals surface area contributed by atoms with Gasteiger partial charge in [-0.15, -0.1) is 5.10 Å². The van der Waals surface area contributed by atoms with E-state index in [9.17, 15) is 0 Å². The van der Waals surface area contributed by atoms with Gasteiger partial charge in [0.25, 0.3) is 0 Å². The van der Waals surface area contributed by atoms with Gasteiger partial charge in [0.15, 0.2) is 5.82 Å². The molecule has 102 valence electrons. The maximum atomic E-state index is 5.83. The topological polar surface area (TPSA) is 78.8 Å². The number of nitrogens with zero attached hydrogens (tertiary/aromatic N) is 4. The minimum absolute atomic E-state index is 0.350. The van der Waals surface area contributed by atoms with Crippen LogP contribution in [0.15, 0.2) is 22.7 Å². The van der Waals surface area contributed by atoms with E-state index in [1.807, 2.05) is 32.0 Å². The number of anilines is 1. The molecular formula is C12H16BrN5O. The molecule has 0 unspecified atom stereocenters. The second kappa shape index (κ2) is 5.26. The Balaban J connectivity index is 2.53. The van der Waals surface area contributed by atoms with Crippen molar-refractivity contribution in [1.29, 1.82) is 0 Å². The number of rotatable bonds is 4. The van der Waals surface area contributed by atoms with Gasteiger partial charge in [0.05, 0.1) is 12.1 Å². The van der Waals surface area contributed by atoms with Crippen molar-refractivity contribution in [2.45, 2.75) is 19.4 Å². The minimum Gasteiger partial charge on any atom is -0.399 e. The summed E-state index contributed by atoms with van der Waals surface area (Å²) >= 11 is 3.50. The summed E-state index contributed by atoms with van der Waals surface area (Å²) in [5.74, 6) is 0.654. The second-order valence-electron chi connectivity index (χ2n) is 4.90. The molecule has 0 saturated heterocycles. The van der Waals surface area contributed by atoms with Crippen LogP contribution in [0.3, 0.4) is 0 Å². The number of tetrazole rings is 1. The number of methoxy groups -OCH3 is 1. The van der Waals surface area contributed by atoms with Crippen molar-refractivity contribution in [3.63, 3.8) is 0 Å². The van der Waals surface area contributed by atoms with Gasteiger partial charge < -0.3 is 10.5 Å². The molecule has 0 atom stereocenters. The number of halogens is 1. The first-order chi connectivity index (χ1) is 8.95. The molecule has 0 saturated carbocycles. The van der Waals surface area contributed by atoms with Crippen LogP contribution in [0.4, 0.5) is 5.69 Å². The Bertz CT molecular complexity index is 581. The van der Waals surface area contributed by atoms with E-state index in [4.69, 9.17) is 10.5 Å². The summed E-state index contributed by atoms with van der Waals surface area (Å²) in [6.07, 6.45) is 0. The van der Waals surface area contributed by atoms with Gasteiger partial charge in [-0.1, -0.05) is 15.9 Å². The van der Waals surface area contributed by atoms with Crippen LogP contribution in [0.1, 0.15) is 13.8 Å². The molecule has 1 heterocycles. The average Bonchev–Trinajstić information content (AvgIpc) is 2.82. The highest BCUT2D eigenvalue weighted by molar-refractivity contribution is 9.10. The fraction of sp³-hybridized carbons (Fsp3) is 0.417. The van der Waals surface area contributed by atoms with E-state index in [0.29, 0.717) is 18.1 Å². The molecule has 1 aromatic heterocycles. The number of hydrogen-bond donors (Lipinski definition) is 1. The first-order valence-corrected chi connectivity index (χ1v) is 6.58. The Hall–Kier alpha value is -1.47. The van der Waals surface area contributed by atoms with Gasteiger partial charge in [-0.3, -0.25) is 0 Å². The van der Waals surface area contributed by atoms with Gasteiger partial charge in [0, 0.05) is 22.8 Å². The van der Waals surface area contributed by atoms with Crippen molar-refractivity contribution in [3.8, 4) is 11.4 Å². The molecule has 2 N–H and O–H groups in total. The zero-order valence-corrected chi connectivity index (χ0v) is 12.7. The maximum absolute atomic E-state index is 5.83. The predicted octanol–water partition coefficient (Wildman–Crippen LogP) is 2.07. The quantitative estimate of drug-likeness (QED) is 0.870. The van der Waals surface area contributed by atoms with E-state index in [0.717, 1.165) is 10.0 Å². The molecule has 2 rings (SSSR count). The molecule has 6 nitrogen and oxygen atoms in total. The molecule has 7 heteroatoms. The molecule has 0 aliphatic rings. The highest BCUT2D eigenvalue weighted by atomic mass is 79.9. The first-order valence-electron chi connectivity index (χ1n) is 5.79. The van der Waals surface area contributed by atoms with Gasteiger partial charge in [0.2, 0.25) is 0 Å². The lowest BCUT2D eigenvalue weighted by molar-refractivity contribution is 0.101. The van der Waals surface area contributed by atoms with Crippen molar-refractivity contribution in [2.24, 2.45) is 0 Å². The summed E-state index contributed by atoms with van der Waals surface area (Å²) < 4.78 is 7.86. The van der Waals surface area contributed by atoms with Crippen molar-refractivity contribution >= 4 is 21.6 Å². The van der Waals surface area contributed by atoms with Gasteiger partial charge in [-0.2, -0.15) is 0 Å². The van der Waals surface area contributed by atoms with E-state index < -0.39 is 0 Å². The third-order valence-corrected chi connectivity index (χ3v) is 3.46. The number of hydrogen-bond acceptors (Lipinski definition) is 5. The van der Waals surface area contributed by atoms with Crippen LogP contribution in [0.5, 0.6) is 0 Å². The van der Waals surface area contributed by atoms with Crippen LogP contribution in [-0.2, 0) is 10.3 Å². The summed E-state index contributed by atoms with van der Waals surface area (Å²) in [7, 11) is 1.65. The Kier molecular flexibility index (Phi) is 3.86. The fourth-order valence-electron chi connectivity index (χ4n) is 1.89. The normalized spacial score (nSPS) is 11.8. The summed E-state index contributed by atoms with van der Waals surface area (Å²) in [6.45, 7) is 4.53. The third-order valence-electron chi connectivity index (χ3n) is 2.77. The van der Waals surface area contributed by atoms with Gasteiger partial charge >= 0.3 is 0 Å². The van der Waals surface area contributed by atoms with Gasteiger partial charge in [0.1, 0.15) is 0 Å². The van der Waals surface area contributed by atoms with Gasteiger partial charge in [-0.25, -0.2) is 4.68 Å². The summed E-state index contributed by atoms with van der Waals surface area (Å²) in [5, 5.41) is 11.9. The van der Waals surface area contributed by atoms with Crippen LogP contribution in [0.25, 0.3) is 11.4 Å². The molecule has 0 spiro atoms. The van der Waals surface area contributed by atoms with Crippen LogP contribution in [0, 0.1) is 0 Å². The number of aromatic nitrogens is 4. The molecule has 0 fully saturated rings. The Morgan fingerprint density at radius 2 is 2.16 bits per heavy atom. The number of nitrogens with two attached hydrogens (primary N) is 1. The summed E-state index contributed by atoms with van der Waals surface area (Å²) in [6, 6.07) is 5.55. The molecule has 1 aromatic carbocycles. The third kappa shape index (κ3) is 2.76. The van der Waals surface area contributed by atoms with E-state index in [-0.39, 0.29) is 5.54 Å². The van der Waals surface area contributed by atoms with Gasteiger partial charge in [-0.05, 0) is 42.5 Å². The second-order valence-corrected chi connectivity index (χ2v) is 5.75.